The van der Waals surface area contributed by atoms with E-state index in [0.717, 1.165) is 38.3 Å². The van der Waals surface area contributed by atoms with Crippen LogP contribution < -0.4 is 10.1 Å². The van der Waals surface area contributed by atoms with Crippen LogP contribution >= 0.6 is 11.3 Å². The molecular weight excluding hydrogens is 322 g/mol. The SMILES string of the molecule is OC(CNCC1(c2cccs2)CCOCC1)COc1ccccc1. The maximum Gasteiger partial charge on any atom is 0.119 e. The van der Waals surface area contributed by atoms with Gasteiger partial charge in [-0.1, -0.05) is 24.3 Å². The normalized spacial score (nSPS) is 18.2. The van der Waals surface area contributed by atoms with E-state index >= 15 is 0 Å². The third-order valence-corrected chi connectivity index (χ3v) is 5.64. The summed E-state index contributed by atoms with van der Waals surface area (Å²) in [6.07, 6.45) is 1.53. The number of thiophene rings is 1. The van der Waals surface area contributed by atoms with Crippen molar-refractivity contribution in [1.82, 2.24) is 5.32 Å². The minimum absolute atomic E-state index is 0.131. The lowest BCUT2D eigenvalue weighted by Gasteiger charge is -2.37. The molecule has 1 atom stereocenters. The fourth-order valence-corrected chi connectivity index (χ4v) is 4.09. The van der Waals surface area contributed by atoms with Crippen molar-refractivity contribution in [3.8, 4) is 5.75 Å². The molecule has 2 heterocycles. The lowest BCUT2D eigenvalue weighted by atomic mass is 9.78. The maximum absolute atomic E-state index is 10.1. The molecule has 0 saturated carbocycles. The molecule has 5 heteroatoms. The van der Waals surface area contributed by atoms with Crippen LogP contribution in [0.2, 0.25) is 0 Å². The van der Waals surface area contributed by atoms with E-state index in [9.17, 15) is 5.11 Å². The Bertz CT molecular complexity index is 582. The van der Waals surface area contributed by atoms with Crippen molar-refractivity contribution >= 4 is 11.3 Å². The highest BCUT2D eigenvalue weighted by Gasteiger charge is 2.35. The van der Waals surface area contributed by atoms with Gasteiger partial charge >= 0.3 is 0 Å². The van der Waals surface area contributed by atoms with Gasteiger partial charge in [0.05, 0.1) is 0 Å². The highest BCUT2D eigenvalue weighted by Crippen LogP contribution is 2.36. The minimum Gasteiger partial charge on any atom is -0.491 e. The van der Waals surface area contributed by atoms with Crippen molar-refractivity contribution in [3.63, 3.8) is 0 Å². The van der Waals surface area contributed by atoms with Gasteiger partial charge in [0.1, 0.15) is 18.5 Å². The number of hydrogen-bond donors (Lipinski definition) is 2. The zero-order chi connectivity index (χ0) is 16.7. The van der Waals surface area contributed by atoms with Crippen LogP contribution in [-0.4, -0.2) is 44.1 Å². The Morgan fingerprint density at radius 3 is 2.67 bits per heavy atom. The smallest absolute Gasteiger partial charge is 0.119 e. The average Bonchev–Trinajstić information content (AvgIpc) is 3.17. The fraction of sp³-hybridized carbons (Fsp3) is 0.474. The van der Waals surface area contributed by atoms with Gasteiger partial charge in [0.15, 0.2) is 0 Å². The summed E-state index contributed by atoms with van der Waals surface area (Å²) in [6.45, 7) is 3.30. The first kappa shape index (κ1) is 17.4. The van der Waals surface area contributed by atoms with Crippen LogP contribution in [0, 0.1) is 0 Å². The van der Waals surface area contributed by atoms with Crippen LogP contribution in [-0.2, 0) is 10.2 Å². The molecule has 1 unspecified atom stereocenters. The van der Waals surface area contributed by atoms with Gasteiger partial charge in [-0.25, -0.2) is 0 Å². The number of para-hydroxylation sites is 1. The molecule has 24 heavy (non-hydrogen) atoms. The summed E-state index contributed by atoms with van der Waals surface area (Å²) in [5, 5.41) is 15.7. The number of nitrogens with one attached hydrogen (secondary N) is 1. The average molecular weight is 347 g/mol. The summed E-state index contributed by atoms with van der Waals surface area (Å²) in [5.41, 5.74) is 0.131. The second-order valence-electron chi connectivity index (χ2n) is 6.28. The molecule has 1 aromatic carbocycles. The number of hydrogen-bond acceptors (Lipinski definition) is 5. The van der Waals surface area contributed by atoms with E-state index in [2.05, 4.69) is 22.8 Å². The lowest BCUT2D eigenvalue weighted by Crippen LogP contribution is -2.44. The quantitative estimate of drug-likeness (QED) is 0.771. The fourth-order valence-electron chi connectivity index (χ4n) is 3.10. The summed E-state index contributed by atoms with van der Waals surface area (Å²) in [7, 11) is 0. The predicted octanol–water partition coefficient (Wildman–Crippen LogP) is 2.83. The molecule has 0 bridgehead atoms. The number of aliphatic hydroxyl groups is 1. The molecule has 1 aliphatic rings. The highest BCUT2D eigenvalue weighted by atomic mass is 32.1. The van der Waals surface area contributed by atoms with Gasteiger partial charge in [-0.2, -0.15) is 0 Å². The van der Waals surface area contributed by atoms with Crippen molar-refractivity contribution in [1.29, 1.82) is 0 Å². The lowest BCUT2D eigenvalue weighted by molar-refractivity contribution is 0.0482. The third kappa shape index (κ3) is 4.57. The summed E-state index contributed by atoms with van der Waals surface area (Å²) in [6, 6.07) is 13.9. The summed E-state index contributed by atoms with van der Waals surface area (Å²) < 4.78 is 11.1. The molecule has 0 spiro atoms. The monoisotopic (exact) mass is 347 g/mol. The number of rotatable bonds is 8. The first-order valence-corrected chi connectivity index (χ1v) is 9.35. The molecule has 1 aromatic heterocycles. The van der Waals surface area contributed by atoms with Crippen LogP contribution in [0.15, 0.2) is 47.8 Å². The molecule has 1 fully saturated rings. The minimum atomic E-state index is -0.523. The van der Waals surface area contributed by atoms with Crippen LogP contribution in [0.25, 0.3) is 0 Å². The van der Waals surface area contributed by atoms with Crippen molar-refractivity contribution in [3.05, 3.63) is 52.7 Å². The van der Waals surface area contributed by atoms with Crippen LogP contribution in [0.5, 0.6) is 5.75 Å². The third-order valence-electron chi connectivity index (χ3n) is 4.52. The number of benzene rings is 1. The standard InChI is InChI=1S/C19H25NO3S/c21-16(14-23-17-5-2-1-3-6-17)13-20-15-19(8-10-22-11-9-19)18-7-4-12-24-18/h1-7,12,16,20-21H,8-11,13-15H2. The molecule has 0 radical (unpaired) electrons. The summed E-state index contributed by atoms with van der Waals surface area (Å²) in [5.74, 6) is 0.788. The molecule has 0 amide bonds. The maximum atomic E-state index is 10.1. The number of ether oxygens (including phenoxy) is 2. The van der Waals surface area contributed by atoms with Crippen LogP contribution in [0.3, 0.4) is 0 Å². The van der Waals surface area contributed by atoms with Gasteiger partial charge < -0.3 is 19.9 Å². The molecule has 2 aromatic rings. The largest absolute Gasteiger partial charge is 0.491 e. The molecular formula is C19H25NO3S. The summed E-state index contributed by atoms with van der Waals surface area (Å²) >= 11 is 1.81. The first-order chi connectivity index (χ1) is 11.8. The highest BCUT2D eigenvalue weighted by molar-refractivity contribution is 7.10. The van der Waals surface area contributed by atoms with Gasteiger partial charge in [0, 0.05) is 36.6 Å². The van der Waals surface area contributed by atoms with E-state index in [1.807, 2.05) is 41.7 Å². The van der Waals surface area contributed by atoms with Gasteiger partial charge in [-0.05, 0) is 36.4 Å². The molecule has 3 rings (SSSR count). The number of aliphatic hydroxyl groups excluding tert-OH is 1. The second kappa shape index (κ2) is 8.62. The van der Waals surface area contributed by atoms with Gasteiger partial charge in [-0.15, -0.1) is 11.3 Å². The first-order valence-electron chi connectivity index (χ1n) is 8.47. The Balaban J connectivity index is 1.47. The van der Waals surface area contributed by atoms with E-state index in [4.69, 9.17) is 9.47 Å². The second-order valence-corrected chi connectivity index (χ2v) is 7.23. The van der Waals surface area contributed by atoms with Gasteiger partial charge in [0.25, 0.3) is 0 Å². The Labute approximate surface area is 147 Å². The summed E-state index contributed by atoms with van der Waals surface area (Å²) in [4.78, 5) is 1.41. The zero-order valence-electron chi connectivity index (χ0n) is 13.8. The molecule has 130 valence electrons. The Morgan fingerprint density at radius 2 is 1.96 bits per heavy atom. The van der Waals surface area contributed by atoms with Crippen LogP contribution in [0.1, 0.15) is 17.7 Å². The Morgan fingerprint density at radius 1 is 1.17 bits per heavy atom. The predicted molar refractivity (Wildman–Crippen MR) is 96.9 cm³/mol. The van der Waals surface area contributed by atoms with E-state index < -0.39 is 6.10 Å². The molecule has 0 aliphatic carbocycles. The van der Waals surface area contributed by atoms with Crippen molar-refractivity contribution in [2.24, 2.45) is 0 Å². The van der Waals surface area contributed by atoms with Gasteiger partial charge in [-0.3, -0.25) is 0 Å². The Kier molecular flexibility index (Phi) is 6.26. The van der Waals surface area contributed by atoms with Crippen LogP contribution in [0.4, 0.5) is 0 Å². The molecule has 1 saturated heterocycles. The van der Waals surface area contributed by atoms with Gasteiger partial charge in [0.2, 0.25) is 0 Å². The van der Waals surface area contributed by atoms with E-state index in [1.54, 1.807) is 0 Å². The zero-order valence-corrected chi connectivity index (χ0v) is 14.6. The topological polar surface area (TPSA) is 50.7 Å². The van der Waals surface area contributed by atoms with Crippen molar-refractivity contribution in [2.75, 3.05) is 32.9 Å². The van der Waals surface area contributed by atoms with E-state index in [0.29, 0.717) is 13.2 Å². The Hall–Kier alpha value is -1.40. The molecule has 2 N–H and O–H groups in total. The van der Waals surface area contributed by atoms with E-state index in [-0.39, 0.29) is 5.41 Å². The van der Waals surface area contributed by atoms with E-state index in [1.165, 1.54) is 4.88 Å². The van der Waals surface area contributed by atoms with Crippen molar-refractivity contribution < 1.29 is 14.6 Å². The van der Waals surface area contributed by atoms with Crippen molar-refractivity contribution in [2.45, 2.75) is 24.4 Å². The molecule has 1 aliphatic heterocycles. The molecule has 4 nitrogen and oxygen atoms in total.